The van der Waals surface area contributed by atoms with E-state index in [0.717, 1.165) is 25.0 Å². The minimum absolute atomic E-state index is 0.0805. The predicted molar refractivity (Wildman–Crippen MR) is 85.6 cm³/mol. The number of Topliss-reactive ketones (excluding diaryl/α,β-unsaturated/α-hetero) is 1. The predicted octanol–water partition coefficient (Wildman–Crippen LogP) is 2.59. The number of fused-ring (bicyclic) bond motifs is 1. The molecule has 5 heteroatoms. The van der Waals surface area contributed by atoms with E-state index in [-0.39, 0.29) is 29.2 Å². The average Bonchev–Trinajstić information content (AvgIpc) is 2.40. The quantitative estimate of drug-likeness (QED) is 0.847. The van der Waals surface area contributed by atoms with Gasteiger partial charge >= 0.3 is 0 Å². The molecular weight excluding hydrogens is 294 g/mol. The highest BCUT2D eigenvalue weighted by Crippen LogP contribution is 2.39. The van der Waals surface area contributed by atoms with Gasteiger partial charge in [0.05, 0.1) is 12.2 Å². The van der Waals surface area contributed by atoms with Crippen molar-refractivity contribution >= 4 is 12.3 Å². The van der Waals surface area contributed by atoms with Crippen molar-refractivity contribution in [3.05, 3.63) is 33.2 Å². The molecule has 2 aliphatic carbocycles. The number of nitrogens with one attached hydrogen (secondary N) is 1. The first-order valence-corrected chi connectivity index (χ1v) is 8.26. The molecule has 1 aromatic heterocycles. The normalized spacial score (nSPS) is 21.2. The molecule has 1 fully saturated rings. The highest BCUT2D eigenvalue weighted by molar-refractivity contribution is 5.98. The second kappa shape index (κ2) is 5.95. The molecule has 1 saturated carbocycles. The van der Waals surface area contributed by atoms with Gasteiger partial charge in [0.15, 0.2) is 11.2 Å². The molecule has 1 unspecified atom stereocenters. The van der Waals surface area contributed by atoms with Crippen molar-refractivity contribution < 1.29 is 14.3 Å². The zero-order chi connectivity index (χ0) is 16.6. The fourth-order valence-electron chi connectivity index (χ4n) is 3.82. The van der Waals surface area contributed by atoms with E-state index >= 15 is 0 Å². The molecule has 0 aromatic carbocycles. The standard InChI is InChI=1S/C18H23NO4/c1-18(2)6-14-16(15(21)7-18)17(22)12(8-19-14)13(9-23-10-20)11-4-3-5-11/h8,10-11,13H,3-7,9H2,1-2H3,(H,19,22). The van der Waals surface area contributed by atoms with Gasteiger partial charge in [-0.1, -0.05) is 20.3 Å². The number of ether oxygens (including phenoxy) is 1. The van der Waals surface area contributed by atoms with E-state index in [4.69, 9.17) is 4.74 Å². The molecule has 3 rings (SSSR count). The van der Waals surface area contributed by atoms with Gasteiger partial charge in [0.2, 0.25) is 0 Å². The lowest BCUT2D eigenvalue weighted by atomic mass is 9.71. The molecular formula is C18H23NO4. The lowest BCUT2D eigenvalue weighted by Crippen LogP contribution is -2.36. The van der Waals surface area contributed by atoms with Crippen LogP contribution in [0.15, 0.2) is 11.0 Å². The Morgan fingerprint density at radius 3 is 2.70 bits per heavy atom. The van der Waals surface area contributed by atoms with Crippen LogP contribution in [0.4, 0.5) is 0 Å². The zero-order valence-corrected chi connectivity index (χ0v) is 13.7. The fraction of sp³-hybridized carbons (Fsp3) is 0.611. The molecule has 1 aromatic rings. The largest absolute Gasteiger partial charge is 0.467 e. The van der Waals surface area contributed by atoms with Crippen LogP contribution in [0.25, 0.3) is 0 Å². The van der Waals surface area contributed by atoms with E-state index in [2.05, 4.69) is 4.98 Å². The average molecular weight is 317 g/mol. The number of aromatic amines is 1. The van der Waals surface area contributed by atoms with Gasteiger partial charge in [-0.3, -0.25) is 14.4 Å². The van der Waals surface area contributed by atoms with Gasteiger partial charge in [-0.15, -0.1) is 0 Å². The molecule has 0 radical (unpaired) electrons. The van der Waals surface area contributed by atoms with Crippen molar-refractivity contribution in [2.24, 2.45) is 11.3 Å². The van der Waals surface area contributed by atoms with E-state index in [9.17, 15) is 14.4 Å². The minimum Gasteiger partial charge on any atom is -0.467 e. The van der Waals surface area contributed by atoms with Crippen molar-refractivity contribution in [2.45, 2.75) is 51.9 Å². The summed E-state index contributed by atoms with van der Waals surface area (Å²) in [5.74, 6) is 0.151. The molecule has 1 heterocycles. The highest BCUT2D eigenvalue weighted by atomic mass is 16.5. The van der Waals surface area contributed by atoms with E-state index in [1.165, 1.54) is 0 Å². The second-order valence-electron chi connectivity index (χ2n) is 7.59. The Hall–Kier alpha value is -1.91. The van der Waals surface area contributed by atoms with Gasteiger partial charge in [0.1, 0.15) is 0 Å². The van der Waals surface area contributed by atoms with Crippen LogP contribution in [0.1, 0.15) is 67.1 Å². The van der Waals surface area contributed by atoms with Crippen molar-refractivity contribution in [2.75, 3.05) is 6.61 Å². The minimum atomic E-state index is -0.175. The molecule has 23 heavy (non-hydrogen) atoms. The number of rotatable bonds is 5. The Bertz CT molecular complexity index is 685. The van der Waals surface area contributed by atoms with Crippen LogP contribution in [0.5, 0.6) is 0 Å². The Labute approximate surface area is 135 Å². The van der Waals surface area contributed by atoms with Crippen molar-refractivity contribution in [1.82, 2.24) is 4.98 Å². The highest BCUT2D eigenvalue weighted by Gasteiger charge is 2.36. The maximum Gasteiger partial charge on any atom is 0.293 e. The van der Waals surface area contributed by atoms with Crippen LogP contribution < -0.4 is 5.43 Å². The SMILES string of the molecule is CC1(C)CC(=O)c2c([nH]cc(C(COC=O)C3CCC3)c2=O)C1. The third-order valence-electron chi connectivity index (χ3n) is 5.23. The Morgan fingerprint density at radius 1 is 1.35 bits per heavy atom. The fourth-order valence-corrected chi connectivity index (χ4v) is 3.82. The molecule has 0 amide bonds. The molecule has 124 valence electrons. The van der Waals surface area contributed by atoms with Crippen LogP contribution in [0.2, 0.25) is 0 Å². The maximum absolute atomic E-state index is 12.9. The van der Waals surface area contributed by atoms with Crippen LogP contribution in [0, 0.1) is 11.3 Å². The number of carbonyl (C=O) groups excluding carboxylic acids is 2. The number of carbonyl (C=O) groups is 2. The van der Waals surface area contributed by atoms with Crippen LogP contribution in [-0.4, -0.2) is 23.8 Å². The van der Waals surface area contributed by atoms with Gasteiger partial charge in [-0.2, -0.15) is 0 Å². The van der Waals surface area contributed by atoms with E-state index in [1.807, 2.05) is 13.8 Å². The topological polar surface area (TPSA) is 76.2 Å². The molecule has 0 spiro atoms. The first-order valence-electron chi connectivity index (χ1n) is 8.26. The summed E-state index contributed by atoms with van der Waals surface area (Å²) in [5, 5.41) is 0. The Balaban J connectivity index is 2.00. The van der Waals surface area contributed by atoms with Crippen molar-refractivity contribution in [3.8, 4) is 0 Å². The molecule has 1 atom stereocenters. The summed E-state index contributed by atoms with van der Waals surface area (Å²) < 4.78 is 4.95. The Morgan fingerprint density at radius 2 is 2.09 bits per heavy atom. The van der Waals surface area contributed by atoms with Crippen LogP contribution in [-0.2, 0) is 16.0 Å². The van der Waals surface area contributed by atoms with Crippen molar-refractivity contribution in [3.63, 3.8) is 0 Å². The van der Waals surface area contributed by atoms with E-state index < -0.39 is 0 Å². The summed E-state index contributed by atoms with van der Waals surface area (Å²) in [6.07, 6.45) is 6.02. The molecule has 0 bridgehead atoms. The smallest absolute Gasteiger partial charge is 0.293 e. The van der Waals surface area contributed by atoms with Crippen LogP contribution in [0.3, 0.4) is 0 Å². The third kappa shape index (κ3) is 2.96. The zero-order valence-electron chi connectivity index (χ0n) is 13.7. The molecule has 1 N–H and O–H groups in total. The number of hydrogen-bond acceptors (Lipinski definition) is 4. The number of ketones is 1. The van der Waals surface area contributed by atoms with Gasteiger partial charge in [-0.25, -0.2) is 0 Å². The lowest BCUT2D eigenvalue weighted by Gasteiger charge is -2.34. The summed E-state index contributed by atoms with van der Waals surface area (Å²) in [6.45, 7) is 4.70. The van der Waals surface area contributed by atoms with Gasteiger partial charge in [0, 0.05) is 29.8 Å². The van der Waals surface area contributed by atoms with Crippen LogP contribution >= 0.6 is 0 Å². The summed E-state index contributed by atoms with van der Waals surface area (Å²) in [6, 6.07) is 0. The number of aromatic nitrogens is 1. The molecule has 2 aliphatic rings. The van der Waals surface area contributed by atoms with Gasteiger partial charge in [-0.05, 0) is 30.6 Å². The third-order valence-corrected chi connectivity index (χ3v) is 5.23. The van der Waals surface area contributed by atoms with Gasteiger partial charge in [0.25, 0.3) is 6.47 Å². The number of H-pyrrole nitrogens is 1. The monoisotopic (exact) mass is 317 g/mol. The summed E-state index contributed by atoms with van der Waals surface area (Å²) in [7, 11) is 0. The lowest BCUT2D eigenvalue weighted by molar-refractivity contribution is -0.129. The first kappa shape index (κ1) is 16.0. The summed E-state index contributed by atoms with van der Waals surface area (Å²) in [5.41, 5.74) is 1.35. The van der Waals surface area contributed by atoms with E-state index in [0.29, 0.717) is 36.4 Å². The maximum atomic E-state index is 12.9. The summed E-state index contributed by atoms with van der Waals surface area (Å²) in [4.78, 5) is 39.1. The van der Waals surface area contributed by atoms with Gasteiger partial charge < -0.3 is 9.72 Å². The van der Waals surface area contributed by atoms with E-state index in [1.54, 1.807) is 6.20 Å². The van der Waals surface area contributed by atoms with Crippen molar-refractivity contribution in [1.29, 1.82) is 0 Å². The molecule has 0 saturated heterocycles. The summed E-state index contributed by atoms with van der Waals surface area (Å²) >= 11 is 0. The first-order chi connectivity index (χ1) is 10.9. The molecule has 0 aliphatic heterocycles. The molecule has 5 nitrogen and oxygen atoms in total. The number of pyridine rings is 1. The Kier molecular flexibility index (Phi) is 4.13. The number of hydrogen-bond donors (Lipinski definition) is 1. The second-order valence-corrected chi connectivity index (χ2v) is 7.59.